The molecule has 0 unspecified atom stereocenters. The average molecular weight is 954 g/mol. The number of guanidine groups is 2. The number of hydrogen-bond acceptors (Lipinski definition) is 13. The van der Waals surface area contributed by atoms with Gasteiger partial charge in [0.05, 0.1) is 0 Å². The van der Waals surface area contributed by atoms with Crippen molar-refractivity contribution in [1.82, 2.24) is 37.2 Å². The van der Waals surface area contributed by atoms with Gasteiger partial charge in [-0.25, -0.2) is 0 Å². The van der Waals surface area contributed by atoms with Crippen LogP contribution in [0.4, 0.5) is 0 Å². The second-order valence-corrected chi connectivity index (χ2v) is 19.0. The molecule has 7 atom stereocenters. The largest absolute Gasteiger partial charge is 0.370 e. The molecule has 19 N–H and O–H groups in total. The lowest BCUT2D eigenvalue weighted by Crippen LogP contribution is -2.60. The topological polar surface area (TPSA) is 419 Å². The van der Waals surface area contributed by atoms with Gasteiger partial charge in [-0.05, 0) is 63.7 Å². The zero-order valence-electron chi connectivity index (χ0n) is 36.6. The summed E-state index contributed by atoms with van der Waals surface area (Å²) in [5, 5.41) is 18.6. The molecule has 2 aliphatic heterocycles. The predicted octanol–water partition coefficient (Wildman–Crippen LogP) is -3.82. The molecule has 65 heavy (non-hydrogen) atoms. The number of carbonyl (C=O) groups excluding carboxylic acids is 9. The van der Waals surface area contributed by atoms with Gasteiger partial charge in [0.2, 0.25) is 53.2 Å². The number of aliphatic imine (C=N–C) groups is 2. The zero-order chi connectivity index (χ0) is 47.9. The van der Waals surface area contributed by atoms with Gasteiger partial charge in [-0.2, -0.15) is 0 Å². The van der Waals surface area contributed by atoms with Gasteiger partial charge < -0.3 is 71.6 Å². The minimum absolute atomic E-state index is 0.0253. The Hall–Kier alpha value is -5.53. The molecule has 24 nitrogen and oxygen atoms in total. The Morgan fingerprint density at radius 3 is 1.68 bits per heavy atom. The van der Waals surface area contributed by atoms with Gasteiger partial charge in [0.25, 0.3) is 0 Å². The van der Waals surface area contributed by atoms with Crippen LogP contribution in [0.3, 0.4) is 0 Å². The first-order valence-electron chi connectivity index (χ1n) is 22.0. The molecule has 0 aromatic rings. The Morgan fingerprint density at radius 2 is 1.15 bits per heavy atom. The number of hydrogen-bond donors (Lipinski definition) is 13. The number of nitrogens with one attached hydrogen (secondary N) is 7. The minimum Gasteiger partial charge on any atom is -0.370 e. The first kappa shape index (κ1) is 53.8. The van der Waals surface area contributed by atoms with Gasteiger partial charge in [0.1, 0.15) is 42.3 Å². The lowest BCUT2D eigenvalue weighted by atomic mass is 9.84. The van der Waals surface area contributed by atoms with E-state index < -0.39 is 89.6 Å². The quantitative estimate of drug-likeness (QED) is 0.0191. The molecule has 364 valence electrons. The molecule has 0 spiro atoms. The fourth-order valence-corrected chi connectivity index (χ4v) is 9.72. The van der Waals surface area contributed by atoms with E-state index in [0.29, 0.717) is 17.9 Å². The highest BCUT2D eigenvalue weighted by Crippen LogP contribution is 2.28. The number of nitrogens with two attached hydrogens (primary N) is 6. The summed E-state index contributed by atoms with van der Waals surface area (Å²) in [6.45, 7) is 0.175. The molecule has 9 amide bonds. The fourth-order valence-electron chi connectivity index (χ4n) is 7.54. The van der Waals surface area contributed by atoms with E-state index in [1.165, 1.54) is 21.6 Å². The van der Waals surface area contributed by atoms with Crippen molar-refractivity contribution in [2.24, 2.45) is 50.3 Å². The molecule has 1 aliphatic carbocycles. The molecule has 3 rings (SSSR count). The van der Waals surface area contributed by atoms with Crippen LogP contribution < -0.4 is 71.6 Å². The number of nitrogens with zero attached hydrogens (tertiary/aromatic N) is 2. The molecule has 3 fully saturated rings. The van der Waals surface area contributed by atoms with Crippen molar-refractivity contribution in [3.63, 3.8) is 0 Å². The molecule has 0 aromatic carbocycles. The molecular weight excluding hydrogens is 887 g/mol. The number of primary amides is 2. The first-order valence-corrected chi connectivity index (χ1v) is 24.5. The van der Waals surface area contributed by atoms with E-state index in [4.69, 9.17) is 34.4 Å². The third-order valence-corrected chi connectivity index (χ3v) is 13.5. The zero-order valence-corrected chi connectivity index (χ0v) is 38.2. The van der Waals surface area contributed by atoms with E-state index in [9.17, 15) is 43.2 Å². The standard InChI is InChI=1S/C39H67N15O9S2/c40-29(55)12-10-26(35(61)54-28(20-21-6-2-1-3-7-21)37(63)53-27-15-19-65-64-18-14-22(31(41)57)49-36(27)62)52-33(59)24(9-5-17-47-39(44)45)50-32(58)23(8-4-16-46-38(42)43)51-34(60)25-11-13-30(56)48-25/h21-28H,1-20H2,(H2,40,55)(H2,41,57)(H,48,56)(H,49,62)(H,50,58)(H,51,60)(H,52,59)(H,53,63)(H,54,61)(H4,42,43,46)(H4,44,45,47)/t22-,23+,24+,25-,26-,27-,28-/m0/s1. The Balaban J connectivity index is 1.88. The lowest BCUT2D eigenvalue weighted by Gasteiger charge is -2.30. The Kier molecular flexibility index (Phi) is 23.5. The summed E-state index contributed by atoms with van der Waals surface area (Å²) in [5.74, 6) is -5.41. The summed E-state index contributed by atoms with van der Waals surface area (Å²) in [4.78, 5) is 127. The molecule has 0 bridgehead atoms. The van der Waals surface area contributed by atoms with Crippen molar-refractivity contribution in [3.8, 4) is 0 Å². The molecule has 0 radical (unpaired) electrons. The van der Waals surface area contributed by atoms with Gasteiger partial charge in [0, 0.05) is 37.4 Å². The van der Waals surface area contributed by atoms with E-state index in [1.807, 2.05) is 0 Å². The number of carbonyl (C=O) groups is 9. The summed E-state index contributed by atoms with van der Waals surface area (Å²) in [6, 6.07) is -8.08. The number of rotatable bonds is 24. The summed E-state index contributed by atoms with van der Waals surface area (Å²) in [6.07, 6.45) is 5.27. The van der Waals surface area contributed by atoms with E-state index in [0.717, 1.165) is 32.1 Å². The third kappa shape index (κ3) is 20.5. The van der Waals surface area contributed by atoms with Gasteiger partial charge in [-0.1, -0.05) is 53.7 Å². The highest BCUT2D eigenvalue weighted by molar-refractivity contribution is 8.76. The Morgan fingerprint density at radius 1 is 0.615 bits per heavy atom. The smallest absolute Gasteiger partial charge is 0.243 e. The van der Waals surface area contributed by atoms with Crippen LogP contribution in [0, 0.1) is 5.92 Å². The van der Waals surface area contributed by atoms with Crippen LogP contribution in [0.2, 0.25) is 0 Å². The SMILES string of the molecule is NC(=O)CC[C@H](NC(=O)[C@@H](CCCN=C(N)N)NC(=O)[C@@H](CCCN=C(N)N)NC(=O)[C@@H]1CCC(=O)N1)C(=O)N[C@@H](CC1CCCCC1)C(=O)N[C@H]1CCSSCC[C@@H](C(N)=O)NC1=O. The van der Waals surface area contributed by atoms with Crippen LogP contribution in [0.15, 0.2) is 9.98 Å². The van der Waals surface area contributed by atoms with Gasteiger partial charge in [0.15, 0.2) is 11.9 Å². The lowest BCUT2D eigenvalue weighted by molar-refractivity contribution is -0.136. The number of amides is 9. The Bertz CT molecular complexity index is 1740. The van der Waals surface area contributed by atoms with Crippen molar-refractivity contribution in [3.05, 3.63) is 0 Å². The highest BCUT2D eigenvalue weighted by Gasteiger charge is 2.36. The van der Waals surface area contributed by atoms with Crippen molar-refractivity contribution in [2.75, 3.05) is 24.6 Å². The van der Waals surface area contributed by atoms with Crippen LogP contribution in [0.1, 0.15) is 103 Å². The minimum atomic E-state index is -1.45. The van der Waals surface area contributed by atoms with Crippen LogP contribution in [-0.2, 0) is 43.2 Å². The average Bonchev–Trinajstić information content (AvgIpc) is 3.70. The maximum atomic E-state index is 14.2. The van der Waals surface area contributed by atoms with E-state index in [1.54, 1.807) is 0 Å². The van der Waals surface area contributed by atoms with Crippen LogP contribution in [-0.4, -0.2) is 132 Å². The molecule has 2 saturated heterocycles. The van der Waals surface area contributed by atoms with E-state index >= 15 is 0 Å². The van der Waals surface area contributed by atoms with Crippen molar-refractivity contribution >= 4 is 86.7 Å². The molecule has 0 aromatic heterocycles. The Labute approximate surface area is 385 Å². The van der Waals surface area contributed by atoms with Crippen LogP contribution >= 0.6 is 21.6 Å². The van der Waals surface area contributed by atoms with Crippen molar-refractivity contribution in [1.29, 1.82) is 0 Å². The van der Waals surface area contributed by atoms with E-state index in [2.05, 4.69) is 47.2 Å². The second kappa shape index (κ2) is 28.4. The summed E-state index contributed by atoms with van der Waals surface area (Å²) in [5.41, 5.74) is 32.9. The second-order valence-electron chi connectivity index (χ2n) is 16.3. The molecule has 1 saturated carbocycles. The molecule has 2 heterocycles. The first-order chi connectivity index (χ1) is 30.9. The van der Waals surface area contributed by atoms with Crippen LogP contribution in [0.25, 0.3) is 0 Å². The molecule has 3 aliphatic rings. The summed E-state index contributed by atoms with van der Waals surface area (Å²) in [7, 11) is 3.00. The maximum absolute atomic E-state index is 14.2. The monoisotopic (exact) mass is 953 g/mol. The third-order valence-electron chi connectivity index (χ3n) is 11.1. The highest BCUT2D eigenvalue weighted by atomic mass is 33.1. The van der Waals surface area contributed by atoms with Crippen LogP contribution in [0.5, 0.6) is 0 Å². The fraction of sp³-hybridized carbons (Fsp3) is 0.718. The summed E-state index contributed by atoms with van der Waals surface area (Å²) < 4.78 is 0. The maximum Gasteiger partial charge on any atom is 0.243 e. The van der Waals surface area contributed by atoms with Gasteiger partial charge in [-0.3, -0.25) is 53.1 Å². The van der Waals surface area contributed by atoms with E-state index in [-0.39, 0.29) is 101 Å². The molecule has 26 heteroatoms. The van der Waals surface area contributed by atoms with Crippen molar-refractivity contribution < 1.29 is 43.2 Å². The predicted molar refractivity (Wildman–Crippen MR) is 246 cm³/mol. The molecular formula is C39H67N15O9S2. The summed E-state index contributed by atoms with van der Waals surface area (Å²) >= 11 is 0. The van der Waals surface area contributed by atoms with Crippen molar-refractivity contribution in [2.45, 2.75) is 145 Å². The van der Waals surface area contributed by atoms with Gasteiger partial charge >= 0.3 is 0 Å². The normalized spacial score (nSPS) is 21.0. The van der Waals surface area contributed by atoms with Gasteiger partial charge in [-0.15, -0.1) is 0 Å².